The lowest BCUT2D eigenvalue weighted by molar-refractivity contribution is -0.160. The van der Waals surface area contributed by atoms with Gasteiger partial charge in [0.15, 0.2) is 0 Å². The highest BCUT2D eigenvalue weighted by Gasteiger charge is 2.40. The molecular weight excluding hydrogens is 402 g/mol. The fourth-order valence-corrected chi connectivity index (χ4v) is 3.70. The summed E-state index contributed by atoms with van der Waals surface area (Å²) in [7, 11) is 1.38. The average molecular weight is 424 g/mol. The molecule has 3 atom stereocenters. The molecule has 0 saturated carbocycles. The number of halogens is 1. The first-order valence-electron chi connectivity index (χ1n) is 9.25. The van der Waals surface area contributed by atoms with Crippen molar-refractivity contribution in [2.45, 2.75) is 37.6 Å². The minimum atomic E-state index is -0.841. The van der Waals surface area contributed by atoms with Crippen LogP contribution >= 0.6 is 11.6 Å². The van der Waals surface area contributed by atoms with Crippen molar-refractivity contribution in [2.24, 2.45) is 0 Å². The van der Waals surface area contributed by atoms with Gasteiger partial charge < -0.3 is 25.0 Å². The molecule has 0 unspecified atom stereocenters. The molecule has 0 bridgehead atoms. The van der Waals surface area contributed by atoms with E-state index in [1.807, 2.05) is 0 Å². The second-order valence-electron chi connectivity index (χ2n) is 6.82. The fourth-order valence-electron chi connectivity index (χ4n) is 3.48. The maximum atomic E-state index is 12.7. The van der Waals surface area contributed by atoms with Crippen LogP contribution in [0.4, 0.5) is 0 Å². The van der Waals surface area contributed by atoms with Gasteiger partial charge in [-0.1, -0.05) is 23.7 Å². The van der Waals surface area contributed by atoms with E-state index in [4.69, 9.17) is 21.1 Å². The number of ether oxygens (including phenoxy) is 2. The largest absolute Gasteiger partial charge is 0.433 e. The Morgan fingerprint density at radius 2 is 2.07 bits per heavy atom. The van der Waals surface area contributed by atoms with E-state index in [1.165, 1.54) is 12.0 Å². The Morgan fingerprint density at radius 3 is 2.79 bits per heavy atom. The summed E-state index contributed by atoms with van der Waals surface area (Å²) in [5.74, 6) is -1.67. The number of cyclic esters (lactones) is 1. The number of hydrogen-bond acceptors (Lipinski definition) is 6. The van der Waals surface area contributed by atoms with Crippen LogP contribution in [0, 0.1) is 0 Å². The molecule has 2 saturated heterocycles. The van der Waals surface area contributed by atoms with Gasteiger partial charge in [0.05, 0.1) is 23.6 Å². The first kappa shape index (κ1) is 21.1. The molecule has 29 heavy (non-hydrogen) atoms. The second-order valence-corrected chi connectivity index (χ2v) is 7.23. The molecule has 2 heterocycles. The van der Waals surface area contributed by atoms with Crippen molar-refractivity contribution in [3.05, 3.63) is 34.9 Å². The highest BCUT2D eigenvalue weighted by atomic mass is 35.5. The number of amides is 3. The van der Waals surface area contributed by atoms with Crippen molar-refractivity contribution >= 4 is 35.3 Å². The monoisotopic (exact) mass is 423 g/mol. The topological polar surface area (TPSA) is 114 Å². The fraction of sp³-hybridized carbons (Fsp3) is 0.474. The molecule has 3 amide bonds. The van der Waals surface area contributed by atoms with Gasteiger partial charge in [-0.3, -0.25) is 19.2 Å². The molecule has 2 fully saturated rings. The molecule has 9 nitrogen and oxygen atoms in total. The molecule has 0 spiro atoms. The van der Waals surface area contributed by atoms with Crippen molar-refractivity contribution in [3.8, 4) is 0 Å². The van der Waals surface area contributed by atoms with Gasteiger partial charge in [-0.2, -0.15) is 0 Å². The van der Waals surface area contributed by atoms with Crippen molar-refractivity contribution in [1.82, 2.24) is 15.5 Å². The minimum Gasteiger partial charge on any atom is -0.433 e. The zero-order chi connectivity index (χ0) is 21.0. The number of benzene rings is 1. The summed E-state index contributed by atoms with van der Waals surface area (Å²) in [6.45, 7) is 0.159. The maximum absolute atomic E-state index is 12.7. The van der Waals surface area contributed by atoms with E-state index in [-0.39, 0.29) is 35.4 Å². The van der Waals surface area contributed by atoms with Crippen LogP contribution < -0.4 is 10.6 Å². The molecular formula is C19H22ClN3O6. The zero-order valence-electron chi connectivity index (χ0n) is 15.9. The Labute approximate surface area is 172 Å². The normalized spacial score (nSPS) is 23.6. The van der Waals surface area contributed by atoms with Gasteiger partial charge in [0.1, 0.15) is 12.1 Å². The Hall–Kier alpha value is -2.65. The molecule has 1 aromatic carbocycles. The maximum Gasteiger partial charge on any atom is 0.310 e. The van der Waals surface area contributed by atoms with Crippen LogP contribution in [0.5, 0.6) is 0 Å². The molecule has 10 heteroatoms. The number of esters is 1. The van der Waals surface area contributed by atoms with Gasteiger partial charge in [-0.05, 0) is 25.0 Å². The number of carbonyl (C=O) groups is 4. The number of nitrogens with zero attached hydrogens (tertiary/aromatic N) is 1. The van der Waals surface area contributed by atoms with E-state index >= 15 is 0 Å². The number of methoxy groups -OCH3 is 1. The summed E-state index contributed by atoms with van der Waals surface area (Å²) in [6.07, 6.45) is 0.330. The van der Waals surface area contributed by atoms with Crippen LogP contribution in [0.3, 0.4) is 0 Å². The van der Waals surface area contributed by atoms with Gasteiger partial charge in [0, 0.05) is 13.7 Å². The van der Waals surface area contributed by atoms with Crippen LogP contribution in [-0.2, 0) is 23.9 Å². The standard InChI is InChI=1S/C19H22ClN3O6/c1-28-19-13(9-16(25)29-19)22-18(27)14-7-4-8-23(14)15(24)10-21-17(26)11-5-2-3-6-12(11)20/h2-3,5-6,13-14,19H,4,7-10H2,1H3,(H,21,26)(H,22,27)/t13-,14-,19+/m0/s1. The van der Waals surface area contributed by atoms with E-state index in [0.29, 0.717) is 19.4 Å². The molecule has 2 aliphatic heterocycles. The molecule has 1 aromatic rings. The lowest BCUT2D eigenvalue weighted by Gasteiger charge is -2.26. The SMILES string of the molecule is CO[C@@H]1OC(=O)C[C@@H]1NC(=O)[C@@H]1CCCN1C(=O)CNC(=O)c1ccccc1Cl. The van der Waals surface area contributed by atoms with Gasteiger partial charge in [0.25, 0.3) is 5.91 Å². The van der Waals surface area contributed by atoms with E-state index < -0.39 is 30.3 Å². The molecule has 0 aliphatic carbocycles. The molecule has 3 rings (SSSR count). The smallest absolute Gasteiger partial charge is 0.310 e. The highest BCUT2D eigenvalue weighted by molar-refractivity contribution is 6.33. The summed E-state index contributed by atoms with van der Waals surface area (Å²) >= 11 is 5.99. The number of nitrogens with one attached hydrogen (secondary N) is 2. The molecule has 0 aromatic heterocycles. The summed E-state index contributed by atoms with van der Waals surface area (Å²) in [6, 6.07) is 5.25. The summed E-state index contributed by atoms with van der Waals surface area (Å²) in [5.41, 5.74) is 0.272. The third kappa shape index (κ3) is 4.86. The van der Waals surface area contributed by atoms with Gasteiger partial charge in [-0.25, -0.2) is 0 Å². The highest BCUT2D eigenvalue weighted by Crippen LogP contribution is 2.20. The van der Waals surface area contributed by atoms with Gasteiger partial charge in [0.2, 0.25) is 18.1 Å². The first-order valence-corrected chi connectivity index (χ1v) is 9.63. The van der Waals surface area contributed by atoms with Crippen LogP contribution in [0.1, 0.15) is 29.6 Å². The van der Waals surface area contributed by atoms with E-state index in [0.717, 1.165) is 0 Å². The van der Waals surface area contributed by atoms with Crippen LogP contribution in [0.15, 0.2) is 24.3 Å². The molecule has 156 valence electrons. The minimum absolute atomic E-state index is 0.0127. The third-order valence-electron chi connectivity index (χ3n) is 4.92. The summed E-state index contributed by atoms with van der Waals surface area (Å²) < 4.78 is 10.0. The first-order chi connectivity index (χ1) is 13.9. The van der Waals surface area contributed by atoms with E-state index in [1.54, 1.807) is 24.3 Å². The van der Waals surface area contributed by atoms with E-state index in [9.17, 15) is 19.2 Å². The Balaban J connectivity index is 1.56. The van der Waals surface area contributed by atoms with Gasteiger partial charge >= 0.3 is 5.97 Å². The quantitative estimate of drug-likeness (QED) is 0.643. The Morgan fingerprint density at radius 1 is 1.31 bits per heavy atom. The number of carbonyl (C=O) groups excluding carboxylic acids is 4. The zero-order valence-corrected chi connectivity index (χ0v) is 16.6. The number of likely N-dealkylation sites (tertiary alicyclic amines) is 1. The Kier molecular flexibility index (Phi) is 6.71. The van der Waals surface area contributed by atoms with Crippen molar-refractivity contribution in [1.29, 1.82) is 0 Å². The molecule has 2 aliphatic rings. The predicted molar refractivity (Wildman–Crippen MR) is 102 cm³/mol. The lowest BCUT2D eigenvalue weighted by atomic mass is 10.1. The van der Waals surface area contributed by atoms with Gasteiger partial charge in [-0.15, -0.1) is 0 Å². The van der Waals surface area contributed by atoms with Crippen LogP contribution in [-0.4, -0.2) is 67.2 Å². The molecule has 2 N–H and O–H groups in total. The third-order valence-corrected chi connectivity index (χ3v) is 5.25. The number of rotatable bonds is 6. The van der Waals surface area contributed by atoms with Crippen LogP contribution in [0.2, 0.25) is 5.02 Å². The summed E-state index contributed by atoms with van der Waals surface area (Å²) in [5, 5.41) is 5.56. The summed E-state index contributed by atoms with van der Waals surface area (Å²) in [4.78, 5) is 50.3. The number of hydrogen-bond donors (Lipinski definition) is 2. The second kappa shape index (κ2) is 9.23. The Bertz CT molecular complexity index is 817. The van der Waals surface area contributed by atoms with E-state index in [2.05, 4.69) is 10.6 Å². The van der Waals surface area contributed by atoms with Crippen molar-refractivity contribution in [3.63, 3.8) is 0 Å². The van der Waals surface area contributed by atoms with Crippen molar-refractivity contribution in [2.75, 3.05) is 20.2 Å². The average Bonchev–Trinajstić information content (AvgIpc) is 3.32. The lowest BCUT2D eigenvalue weighted by Crippen LogP contribution is -2.52. The van der Waals surface area contributed by atoms with Crippen LogP contribution in [0.25, 0.3) is 0 Å². The molecule has 0 radical (unpaired) electrons. The predicted octanol–water partition coefficient (Wildman–Crippen LogP) is 0.465. The van der Waals surface area contributed by atoms with Crippen molar-refractivity contribution < 1.29 is 28.7 Å².